The molecule has 2 amide bonds. The molecule has 1 aliphatic rings. The molecule has 4 aromatic rings. The topological polar surface area (TPSA) is 103 Å². The second-order valence-electron chi connectivity index (χ2n) is 10.4. The molecule has 8 nitrogen and oxygen atoms in total. The molecule has 0 aliphatic heterocycles. The summed E-state index contributed by atoms with van der Waals surface area (Å²) in [6.07, 6.45) is 4.86. The molecule has 1 heterocycles. The van der Waals surface area contributed by atoms with E-state index in [1.807, 2.05) is 48.5 Å². The maximum absolute atomic E-state index is 14.0. The second-order valence-corrected chi connectivity index (χ2v) is 12.7. The van der Waals surface area contributed by atoms with Gasteiger partial charge in [-0.2, -0.15) is 0 Å². The zero-order chi connectivity index (χ0) is 31.8. The van der Waals surface area contributed by atoms with Crippen LogP contribution in [0.3, 0.4) is 0 Å². The van der Waals surface area contributed by atoms with E-state index in [4.69, 9.17) is 14.2 Å². The van der Waals surface area contributed by atoms with E-state index in [1.165, 1.54) is 37.3 Å². The third-order valence-electron chi connectivity index (χ3n) is 7.48. The highest BCUT2D eigenvalue weighted by Gasteiger charge is 2.29. The fraction of sp³-hybridized carbons (Fsp3) is 0.286. The number of rotatable bonds is 11. The van der Waals surface area contributed by atoms with Gasteiger partial charge in [0.2, 0.25) is 5.91 Å². The Kier molecular flexibility index (Phi) is 10.8. The zero-order valence-corrected chi connectivity index (χ0v) is 27.1. The molecule has 1 aromatic heterocycles. The van der Waals surface area contributed by atoms with Crippen molar-refractivity contribution in [2.24, 2.45) is 0 Å². The predicted molar refractivity (Wildman–Crippen MR) is 179 cm³/mol. The molecule has 0 bridgehead atoms. The van der Waals surface area contributed by atoms with E-state index in [0.29, 0.717) is 27.8 Å². The van der Waals surface area contributed by atoms with Gasteiger partial charge in [-0.15, -0.1) is 23.1 Å². The number of methoxy groups -OCH3 is 2. The number of hydrogen-bond donors (Lipinski definition) is 2. The van der Waals surface area contributed by atoms with Crippen molar-refractivity contribution in [3.8, 4) is 11.5 Å². The van der Waals surface area contributed by atoms with Crippen LogP contribution in [0.4, 0.5) is 10.7 Å². The number of esters is 1. The van der Waals surface area contributed by atoms with Crippen LogP contribution in [-0.4, -0.2) is 38.6 Å². The van der Waals surface area contributed by atoms with Crippen molar-refractivity contribution in [3.63, 3.8) is 0 Å². The van der Waals surface area contributed by atoms with Crippen LogP contribution in [0.5, 0.6) is 11.5 Å². The number of amides is 2. The number of thiophene rings is 1. The number of benzene rings is 3. The Morgan fingerprint density at radius 3 is 2.27 bits per heavy atom. The second kappa shape index (κ2) is 15.1. The van der Waals surface area contributed by atoms with E-state index in [0.717, 1.165) is 53.0 Å². The summed E-state index contributed by atoms with van der Waals surface area (Å²) in [5, 5.41) is 5.94. The first kappa shape index (κ1) is 32.1. The number of aryl methyl sites for hydroxylation is 1. The number of ether oxygens (including phenoxy) is 3. The van der Waals surface area contributed by atoms with Gasteiger partial charge in [-0.3, -0.25) is 9.59 Å². The first-order valence-corrected chi connectivity index (χ1v) is 16.6. The Balaban J connectivity index is 1.42. The largest absolute Gasteiger partial charge is 0.496 e. The van der Waals surface area contributed by atoms with Crippen LogP contribution in [0, 0.1) is 0 Å². The van der Waals surface area contributed by atoms with E-state index >= 15 is 0 Å². The highest BCUT2D eigenvalue weighted by Crippen LogP contribution is 2.41. The van der Waals surface area contributed by atoms with Gasteiger partial charge < -0.3 is 24.8 Å². The molecule has 45 heavy (non-hydrogen) atoms. The molecule has 1 atom stereocenters. The molecule has 2 N–H and O–H groups in total. The molecular formula is C35H36N2O6S2. The molecule has 1 aliphatic carbocycles. The lowest BCUT2D eigenvalue weighted by Gasteiger charge is -2.18. The number of carbonyl (C=O) groups excluding carboxylic acids is 3. The van der Waals surface area contributed by atoms with Crippen molar-refractivity contribution in [2.75, 3.05) is 31.5 Å². The van der Waals surface area contributed by atoms with Gasteiger partial charge in [0.05, 0.1) is 26.4 Å². The molecule has 5 rings (SSSR count). The van der Waals surface area contributed by atoms with E-state index in [9.17, 15) is 14.4 Å². The van der Waals surface area contributed by atoms with Crippen LogP contribution < -0.4 is 20.1 Å². The van der Waals surface area contributed by atoms with Gasteiger partial charge in [-0.05, 0) is 74.1 Å². The molecule has 234 valence electrons. The average molecular weight is 645 g/mol. The summed E-state index contributed by atoms with van der Waals surface area (Å²) in [7, 11) is 3.00. The molecular weight excluding hydrogens is 609 g/mol. The molecule has 0 saturated heterocycles. The van der Waals surface area contributed by atoms with Crippen LogP contribution in [-0.2, 0) is 22.4 Å². The van der Waals surface area contributed by atoms with Crippen LogP contribution in [0.2, 0.25) is 0 Å². The van der Waals surface area contributed by atoms with Gasteiger partial charge in [-0.1, -0.05) is 48.9 Å². The van der Waals surface area contributed by atoms with Crippen molar-refractivity contribution in [2.45, 2.75) is 49.2 Å². The maximum atomic E-state index is 14.0. The summed E-state index contributed by atoms with van der Waals surface area (Å²) >= 11 is 2.84. The summed E-state index contributed by atoms with van der Waals surface area (Å²) in [6.45, 7) is 2.04. The Bertz CT molecular complexity index is 1650. The Morgan fingerprint density at radius 1 is 0.844 bits per heavy atom. The zero-order valence-electron chi connectivity index (χ0n) is 25.5. The fourth-order valence-electron chi connectivity index (χ4n) is 5.38. The fourth-order valence-corrected chi connectivity index (χ4v) is 7.74. The molecule has 0 radical (unpaired) electrons. The number of thioether (sulfide) groups is 1. The maximum Gasteiger partial charge on any atom is 0.341 e. The van der Waals surface area contributed by atoms with Crippen LogP contribution in [0.1, 0.15) is 68.2 Å². The van der Waals surface area contributed by atoms with Gasteiger partial charge in [-0.25, -0.2) is 4.79 Å². The number of nitrogens with one attached hydrogen (secondary N) is 2. The summed E-state index contributed by atoms with van der Waals surface area (Å²) < 4.78 is 16.2. The predicted octanol–water partition coefficient (Wildman–Crippen LogP) is 7.94. The lowest BCUT2D eigenvalue weighted by molar-refractivity contribution is -0.115. The van der Waals surface area contributed by atoms with E-state index in [1.54, 1.807) is 31.2 Å². The molecule has 10 heteroatoms. The first-order valence-electron chi connectivity index (χ1n) is 14.9. The Morgan fingerprint density at radius 2 is 1.56 bits per heavy atom. The molecule has 0 fully saturated rings. The SMILES string of the molecule is CCOC(=O)c1c(NC(=O)C(Sc2cccc(NC(=O)c3c(OC)cccc3OC)c2)c2ccccc2)sc2c1CCCCC2. The van der Waals surface area contributed by atoms with Crippen molar-refractivity contribution in [3.05, 3.63) is 99.9 Å². The molecule has 3 aromatic carbocycles. The van der Waals surface area contributed by atoms with Crippen molar-refractivity contribution >= 4 is 51.6 Å². The van der Waals surface area contributed by atoms with E-state index < -0.39 is 11.2 Å². The van der Waals surface area contributed by atoms with Crippen molar-refractivity contribution in [1.29, 1.82) is 0 Å². The first-order chi connectivity index (χ1) is 21.9. The Hall–Kier alpha value is -4.28. The van der Waals surface area contributed by atoms with E-state index in [-0.39, 0.29) is 24.0 Å². The van der Waals surface area contributed by atoms with Gasteiger partial charge >= 0.3 is 5.97 Å². The van der Waals surface area contributed by atoms with Gasteiger partial charge in [0.1, 0.15) is 27.3 Å². The molecule has 0 saturated carbocycles. The minimum Gasteiger partial charge on any atom is -0.496 e. The molecule has 1 unspecified atom stereocenters. The third-order valence-corrected chi connectivity index (χ3v) is 9.93. The minimum absolute atomic E-state index is 0.249. The minimum atomic E-state index is -0.636. The normalized spacial score (nSPS) is 13.1. The monoisotopic (exact) mass is 644 g/mol. The highest BCUT2D eigenvalue weighted by molar-refractivity contribution is 8.00. The van der Waals surface area contributed by atoms with Crippen molar-refractivity contribution < 1.29 is 28.6 Å². The van der Waals surface area contributed by atoms with Gasteiger partial charge in [0.15, 0.2) is 0 Å². The summed E-state index contributed by atoms with van der Waals surface area (Å²) in [5.41, 5.74) is 3.14. The smallest absolute Gasteiger partial charge is 0.341 e. The standard InChI is InChI=1S/C35H36N2O6S2/c1-4-43-35(40)29-25-17-9-6-10-20-28(25)45-34(29)37-33(39)31(22-13-7-5-8-14-22)44-24-16-11-15-23(21-24)36-32(38)30-26(41-2)18-12-19-27(30)42-3/h5,7-8,11-16,18-19,21,31H,4,6,9-10,17,20H2,1-3H3,(H,36,38)(H,37,39). The van der Waals surface area contributed by atoms with Crippen molar-refractivity contribution in [1.82, 2.24) is 0 Å². The summed E-state index contributed by atoms with van der Waals surface area (Å²) in [6, 6.07) is 22.0. The number of anilines is 2. The number of hydrogen-bond acceptors (Lipinski definition) is 8. The lowest BCUT2D eigenvalue weighted by Crippen LogP contribution is -2.20. The summed E-state index contributed by atoms with van der Waals surface area (Å²) in [5.74, 6) is -0.238. The van der Waals surface area contributed by atoms with Gasteiger partial charge in [0, 0.05) is 15.5 Å². The van der Waals surface area contributed by atoms with Crippen LogP contribution >= 0.6 is 23.1 Å². The third kappa shape index (κ3) is 7.51. The van der Waals surface area contributed by atoms with Crippen LogP contribution in [0.25, 0.3) is 0 Å². The van der Waals surface area contributed by atoms with Crippen LogP contribution in [0.15, 0.2) is 77.7 Å². The lowest BCUT2D eigenvalue weighted by atomic mass is 10.1. The summed E-state index contributed by atoms with van der Waals surface area (Å²) in [4.78, 5) is 42.4. The quantitative estimate of drug-likeness (QED) is 0.0971. The highest BCUT2D eigenvalue weighted by atomic mass is 32.2. The number of fused-ring (bicyclic) bond motifs is 1. The van der Waals surface area contributed by atoms with Gasteiger partial charge in [0.25, 0.3) is 5.91 Å². The van der Waals surface area contributed by atoms with E-state index in [2.05, 4.69) is 10.6 Å². The number of carbonyl (C=O) groups is 3. The average Bonchev–Trinajstić information content (AvgIpc) is 3.23. The Labute approximate surface area is 271 Å². The molecule has 0 spiro atoms.